The number of aliphatic carboxylic acids is 1. The van der Waals surface area contributed by atoms with Gasteiger partial charge in [-0.05, 0) is 12.8 Å². The zero-order valence-corrected chi connectivity index (χ0v) is 10.7. The van der Waals surface area contributed by atoms with Crippen molar-refractivity contribution >= 4 is 16.2 Å². The first-order valence-corrected chi connectivity index (χ1v) is 6.92. The van der Waals surface area contributed by atoms with Gasteiger partial charge in [0, 0.05) is 32.7 Å². The van der Waals surface area contributed by atoms with Crippen molar-refractivity contribution < 1.29 is 18.3 Å². The summed E-state index contributed by atoms with van der Waals surface area (Å²) < 4.78 is 26.5. The van der Waals surface area contributed by atoms with Crippen molar-refractivity contribution in [2.45, 2.75) is 25.3 Å². The van der Waals surface area contributed by atoms with E-state index in [1.165, 1.54) is 11.4 Å². The Morgan fingerprint density at radius 3 is 2.76 bits per heavy atom. The molecule has 0 saturated carbocycles. The Hall–Kier alpha value is -0.700. The second kappa shape index (κ2) is 5.76. The van der Waals surface area contributed by atoms with Gasteiger partial charge in [-0.1, -0.05) is 0 Å². The number of nitrogens with two attached hydrogens (primary N) is 1. The molecule has 3 N–H and O–H groups in total. The van der Waals surface area contributed by atoms with Gasteiger partial charge in [-0.2, -0.15) is 17.0 Å². The molecule has 0 aromatic rings. The number of carbonyl (C=O) groups is 1. The Labute approximate surface area is 101 Å². The first-order chi connectivity index (χ1) is 7.84. The van der Waals surface area contributed by atoms with Crippen molar-refractivity contribution in [2.75, 3.05) is 26.7 Å². The molecule has 1 rings (SSSR count). The molecule has 1 unspecified atom stereocenters. The number of hydrogen-bond acceptors (Lipinski definition) is 4. The Balaban J connectivity index is 2.62. The van der Waals surface area contributed by atoms with Gasteiger partial charge in [-0.25, -0.2) is 0 Å². The molecule has 0 aromatic carbocycles. The molecular weight excluding hydrogens is 246 g/mol. The van der Waals surface area contributed by atoms with E-state index in [1.54, 1.807) is 0 Å². The molecule has 0 aliphatic carbocycles. The van der Waals surface area contributed by atoms with Gasteiger partial charge in [0.05, 0.1) is 6.42 Å². The Morgan fingerprint density at radius 1 is 1.59 bits per heavy atom. The average molecular weight is 265 g/mol. The third kappa shape index (κ3) is 3.91. The van der Waals surface area contributed by atoms with Crippen LogP contribution < -0.4 is 5.73 Å². The lowest BCUT2D eigenvalue weighted by Gasteiger charge is -2.32. The fourth-order valence-corrected chi connectivity index (χ4v) is 3.21. The van der Waals surface area contributed by atoms with Gasteiger partial charge >= 0.3 is 5.97 Å². The third-order valence-corrected chi connectivity index (χ3v) is 4.74. The second-order valence-corrected chi connectivity index (χ2v) is 6.27. The van der Waals surface area contributed by atoms with Crippen molar-refractivity contribution in [3.8, 4) is 0 Å². The molecule has 0 spiro atoms. The van der Waals surface area contributed by atoms with Crippen molar-refractivity contribution in [3.63, 3.8) is 0 Å². The summed E-state index contributed by atoms with van der Waals surface area (Å²) in [4.78, 5) is 10.4. The molecule has 1 aliphatic rings. The minimum Gasteiger partial charge on any atom is -0.481 e. The molecule has 8 heteroatoms. The molecule has 1 aliphatic heterocycles. The van der Waals surface area contributed by atoms with Crippen LogP contribution in [0, 0.1) is 0 Å². The van der Waals surface area contributed by atoms with E-state index in [-0.39, 0.29) is 19.0 Å². The third-order valence-electron chi connectivity index (χ3n) is 2.78. The molecule has 100 valence electrons. The second-order valence-electron chi connectivity index (χ2n) is 4.23. The van der Waals surface area contributed by atoms with Crippen LogP contribution in [0.4, 0.5) is 0 Å². The van der Waals surface area contributed by atoms with E-state index in [1.807, 2.05) is 0 Å². The Morgan fingerprint density at radius 2 is 2.24 bits per heavy atom. The summed E-state index contributed by atoms with van der Waals surface area (Å²) in [6.07, 6.45) is 1.37. The molecule has 17 heavy (non-hydrogen) atoms. The molecule has 0 aromatic heterocycles. The van der Waals surface area contributed by atoms with E-state index < -0.39 is 16.2 Å². The van der Waals surface area contributed by atoms with Crippen molar-refractivity contribution in [2.24, 2.45) is 5.73 Å². The maximum absolute atomic E-state index is 12.0. The molecule has 0 bridgehead atoms. The van der Waals surface area contributed by atoms with E-state index in [9.17, 15) is 13.2 Å². The van der Waals surface area contributed by atoms with Gasteiger partial charge in [0.2, 0.25) is 0 Å². The molecular formula is C9H19N3O4S. The molecule has 1 fully saturated rings. The topological polar surface area (TPSA) is 104 Å². The van der Waals surface area contributed by atoms with Crippen LogP contribution in [-0.4, -0.2) is 60.8 Å². The highest BCUT2D eigenvalue weighted by molar-refractivity contribution is 7.86. The van der Waals surface area contributed by atoms with Crippen molar-refractivity contribution in [1.82, 2.24) is 8.61 Å². The van der Waals surface area contributed by atoms with Crippen molar-refractivity contribution in [3.05, 3.63) is 0 Å². The van der Waals surface area contributed by atoms with Gasteiger partial charge in [0.15, 0.2) is 0 Å². The van der Waals surface area contributed by atoms with Gasteiger partial charge in [-0.15, -0.1) is 0 Å². The summed E-state index contributed by atoms with van der Waals surface area (Å²) in [5.74, 6) is -1.01. The smallest absolute Gasteiger partial charge is 0.304 e. The standard InChI is InChI=1S/C9H19N3O4S/c1-11(6-4-9(13)14)17(15,16)12-5-2-3-8(10)7-12/h8H,2-7,10H2,1H3,(H,13,14). The average Bonchev–Trinajstić information content (AvgIpc) is 2.25. The number of rotatable bonds is 5. The van der Waals surface area contributed by atoms with Crippen LogP contribution in [0.1, 0.15) is 19.3 Å². The summed E-state index contributed by atoms with van der Waals surface area (Å²) in [6.45, 7) is 0.733. The maximum atomic E-state index is 12.0. The minimum atomic E-state index is -3.57. The fourth-order valence-electron chi connectivity index (χ4n) is 1.75. The molecule has 1 saturated heterocycles. The predicted octanol–water partition coefficient (Wildman–Crippen LogP) is -0.939. The summed E-state index contributed by atoms with van der Waals surface area (Å²) >= 11 is 0. The van der Waals surface area contributed by atoms with E-state index in [2.05, 4.69) is 0 Å². The summed E-state index contributed by atoms with van der Waals surface area (Å²) in [5.41, 5.74) is 5.73. The lowest BCUT2D eigenvalue weighted by atomic mass is 10.1. The van der Waals surface area contributed by atoms with Crippen LogP contribution in [0.15, 0.2) is 0 Å². The van der Waals surface area contributed by atoms with E-state index in [0.717, 1.165) is 17.1 Å². The number of hydrogen-bond donors (Lipinski definition) is 2. The number of piperidine rings is 1. The van der Waals surface area contributed by atoms with Gasteiger partial charge < -0.3 is 10.8 Å². The number of nitrogens with zero attached hydrogens (tertiary/aromatic N) is 2. The SMILES string of the molecule is CN(CCC(=O)O)S(=O)(=O)N1CCCC(N)C1. The quantitative estimate of drug-likeness (QED) is 0.667. The first kappa shape index (κ1) is 14.4. The van der Waals surface area contributed by atoms with Crippen molar-refractivity contribution in [1.29, 1.82) is 0 Å². The highest BCUT2D eigenvalue weighted by Gasteiger charge is 2.30. The van der Waals surface area contributed by atoms with Crippen LogP contribution in [0.2, 0.25) is 0 Å². The predicted molar refractivity (Wildman–Crippen MR) is 62.6 cm³/mol. The molecule has 0 amide bonds. The van der Waals surface area contributed by atoms with E-state index in [4.69, 9.17) is 10.8 Å². The first-order valence-electron chi connectivity index (χ1n) is 5.53. The van der Waals surface area contributed by atoms with E-state index in [0.29, 0.717) is 13.1 Å². The number of carboxylic acid groups (broad SMARTS) is 1. The minimum absolute atomic E-state index is 0.0244. The Bertz CT molecular complexity index is 370. The monoisotopic (exact) mass is 265 g/mol. The zero-order valence-electron chi connectivity index (χ0n) is 9.87. The normalized spacial score (nSPS) is 22.9. The van der Waals surface area contributed by atoms with Crippen LogP contribution in [-0.2, 0) is 15.0 Å². The lowest BCUT2D eigenvalue weighted by Crippen LogP contribution is -2.50. The van der Waals surface area contributed by atoms with Gasteiger partial charge in [0.1, 0.15) is 0 Å². The molecule has 0 radical (unpaired) electrons. The van der Waals surface area contributed by atoms with Gasteiger partial charge in [-0.3, -0.25) is 4.79 Å². The Kier molecular flexibility index (Phi) is 4.87. The van der Waals surface area contributed by atoms with E-state index >= 15 is 0 Å². The summed E-state index contributed by atoms with van der Waals surface area (Å²) in [5, 5.41) is 8.53. The fraction of sp³-hybridized carbons (Fsp3) is 0.889. The lowest BCUT2D eigenvalue weighted by molar-refractivity contribution is -0.137. The van der Waals surface area contributed by atoms with Gasteiger partial charge in [0.25, 0.3) is 10.2 Å². The highest BCUT2D eigenvalue weighted by Crippen LogP contribution is 2.15. The largest absolute Gasteiger partial charge is 0.481 e. The molecule has 7 nitrogen and oxygen atoms in total. The number of carboxylic acids is 1. The van der Waals surface area contributed by atoms with Crippen LogP contribution in [0.25, 0.3) is 0 Å². The zero-order chi connectivity index (χ0) is 13.1. The van der Waals surface area contributed by atoms with Crippen LogP contribution in [0.5, 0.6) is 0 Å². The summed E-state index contributed by atoms with van der Waals surface area (Å²) in [7, 11) is -2.18. The van der Waals surface area contributed by atoms with Crippen LogP contribution >= 0.6 is 0 Å². The molecule has 1 atom stereocenters. The molecule has 1 heterocycles. The van der Waals surface area contributed by atoms with Crippen LogP contribution in [0.3, 0.4) is 0 Å². The maximum Gasteiger partial charge on any atom is 0.304 e. The highest BCUT2D eigenvalue weighted by atomic mass is 32.2. The summed E-state index contributed by atoms with van der Waals surface area (Å²) in [6, 6.07) is -0.133.